The van der Waals surface area contributed by atoms with Gasteiger partial charge in [-0.25, -0.2) is 4.79 Å². The van der Waals surface area contributed by atoms with Crippen molar-refractivity contribution in [1.29, 1.82) is 0 Å². The van der Waals surface area contributed by atoms with Crippen LogP contribution in [0.1, 0.15) is 22.8 Å². The highest BCUT2D eigenvalue weighted by Crippen LogP contribution is 2.34. The van der Waals surface area contributed by atoms with Crippen molar-refractivity contribution in [1.82, 2.24) is 0 Å². The lowest BCUT2D eigenvalue weighted by atomic mass is 10.1. The molecule has 1 atom stereocenters. The topological polar surface area (TPSA) is 111 Å². The summed E-state index contributed by atoms with van der Waals surface area (Å²) in [6, 6.07) is 7.78. The van der Waals surface area contributed by atoms with Crippen LogP contribution in [-0.4, -0.2) is 30.0 Å². The van der Waals surface area contributed by atoms with Crippen molar-refractivity contribution in [2.75, 3.05) is 17.7 Å². The number of rotatable bonds is 6. The van der Waals surface area contributed by atoms with Crippen molar-refractivity contribution in [3.05, 3.63) is 63.7 Å². The minimum absolute atomic E-state index is 0.197. The summed E-state index contributed by atoms with van der Waals surface area (Å²) >= 11 is 0. The van der Waals surface area contributed by atoms with Crippen molar-refractivity contribution in [2.24, 2.45) is 0 Å². The second-order valence-corrected chi connectivity index (χ2v) is 5.82. The van der Waals surface area contributed by atoms with E-state index in [1.54, 1.807) is 0 Å². The van der Waals surface area contributed by atoms with Crippen molar-refractivity contribution >= 4 is 28.9 Å². The second-order valence-electron chi connectivity index (χ2n) is 5.82. The standard InChI is InChI=1S/C18H16F3N3O5/c1-10(16(25)23-15-6-4-3-5-13(15)18(19,20)21)29-17(26)12-9-11(24(27)28)7-8-14(12)22-2/h3-10,22H,1-2H3,(H,23,25)/t10-/m1/s1. The number of ether oxygens (including phenoxy) is 1. The minimum atomic E-state index is -4.69. The monoisotopic (exact) mass is 411 g/mol. The summed E-state index contributed by atoms with van der Waals surface area (Å²) in [7, 11) is 1.47. The average Bonchev–Trinajstić information content (AvgIpc) is 2.66. The molecule has 0 saturated heterocycles. The molecule has 2 aromatic rings. The fourth-order valence-electron chi connectivity index (χ4n) is 2.38. The third-order valence-electron chi connectivity index (χ3n) is 3.85. The number of benzene rings is 2. The second kappa shape index (κ2) is 8.59. The van der Waals surface area contributed by atoms with Crippen LogP contribution < -0.4 is 10.6 Å². The van der Waals surface area contributed by atoms with Crippen molar-refractivity contribution in [3.63, 3.8) is 0 Å². The predicted molar refractivity (Wildman–Crippen MR) is 97.6 cm³/mol. The van der Waals surface area contributed by atoms with Crippen LogP contribution in [0, 0.1) is 10.1 Å². The quantitative estimate of drug-likeness (QED) is 0.425. The number of hydrogen-bond donors (Lipinski definition) is 2. The molecular weight excluding hydrogens is 395 g/mol. The molecule has 0 spiro atoms. The average molecular weight is 411 g/mol. The van der Waals surface area contributed by atoms with E-state index in [9.17, 15) is 32.9 Å². The first kappa shape index (κ1) is 21.7. The number of hydrogen-bond acceptors (Lipinski definition) is 6. The summed E-state index contributed by atoms with van der Waals surface area (Å²) in [5.41, 5.74) is -1.89. The first-order valence-corrected chi connectivity index (χ1v) is 8.19. The van der Waals surface area contributed by atoms with Crippen LogP contribution >= 0.6 is 0 Å². The Morgan fingerprint density at radius 1 is 1.14 bits per heavy atom. The van der Waals surface area contributed by atoms with Gasteiger partial charge in [-0.05, 0) is 25.1 Å². The van der Waals surface area contributed by atoms with Crippen LogP contribution in [-0.2, 0) is 15.7 Å². The van der Waals surface area contributed by atoms with E-state index < -0.39 is 40.3 Å². The lowest BCUT2D eigenvalue weighted by molar-refractivity contribution is -0.384. The highest BCUT2D eigenvalue weighted by atomic mass is 19.4. The van der Waals surface area contributed by atoms with E-state index in [4.69, 9.17) is 4.74 Å². The maximum absolute atomic E-state index is 13.0. The highest BCUT2D eigenvalue weighted by Gasteiger charge is 2.34. The largest absolute Gasteiger partial charge is 0.449 e. The molecule has 154 valence electrons. The Kier molecular flexibility index (Phi) is 6.42. The summed E-state index contributed by atoms with van der Waals surface area (Å²) in [6.07, 6.45) is -6.15. The third-order valence-corrected chi connectivity index (χ3v) is 3.85. The minimum Gasteiger partial charge on any atom is -0.449 e. The van der Waals surface area contributed by atoms with Gasteiger partial charge in [-0.1, -0.05) is 12.1 Å². The molecule has 1 amide bonds. The number of amides is 1. The summed E-state index contributed by atoms with van der Waals surface area (Å²) < 4.78 is 44.0. The molecule has 0 fully saturated rings. The van der Waals surface area contributed by atoms with Gasteiger partial charge in [0, 0.05) is 24.9 Å². The van der Waals surface area contributed by atoms with Crippen molar-refractivity contribution < 1.29 is 32.4 Å². The van der Waals surface area contributed by atoms with E-state index in [0.29, 0.717) is 0 Å². The normalized spacial score (nSPS) is 12.0. The first-order chi connectivity index (χ1) is 13.5. The van der Waals surface area contributed by atoms with Gasteiger partial charge in [-0.3, -0.25) is 14.9 Å². The lowest BCUT2D eigenvalue weighted by Gasteiger charge is -2.17. The molecule has 8 nitrogen and oxygen atoms in total. The number of para-hydroxylation sites is 1. The van der Waals surface area contributed by atoms with Crippen molar-refractivity contribution in [2.45, 2.75) is 19.2 Å². The molecule has 0 radical (unpaired) electrons. The molecule has 2 N–H and O–H groups in total. The Hall–Kier alpha value is -3.63. The van der Waals surface area contributed by atoms with Gasteiger partial charge in [0.25, 0.3) is 11.6 Å². The first-order valence-electron chi connectivity index (χ1n) is 8.19. The van der Waals surface area contributed by atoms with Crippen LogP contribution in [0.25, 0.3) is 0 Å². The number of nitrogens with zero attached hydrogens (tertiary/aromatic N) is 1. The fraction of sp³-hybridized carbons (Fsp3) is 0.222. The maximum atomic E-state index is 13.0. The van der Waals surface area contributed by atoms with Gasteiger partial charge in [0.1, 0.15) is 0 Å². The number of esters is 1. The Balaban J connectivity index is 2.18. The zero-order valence-electron chi connectivity index (χ0n) is 15.2. The number of anilines is 2. The third kappa shape index (κ3) is 5.21. The molecule has 0 bridgehead atoms. The van der Waals surface area contributed by atoms with Crippen LogP contribution in [0.2, 0.25) is 0 Å². The Bertz CT molecular complexity index is 947. The molecule has 2 aromatic carbocycles. The summed E-state index contributed by atoms with van der Waals surface area (Å²) in [4.78, 5) is 34.7. The number of halogens is 3. The molecule has 2 rings (SSSR count). The Morgan fingerprint density at radius 3 is 2.38 bits per heavy atom. The number of nitro benzene ring substituents is 1. The summed E-state index contributed by atoms with van der Waals surface area (Å²) in [5.74, 6) is -2.05. The molecule has 0 aromatic heterocycles. The molecule has 0 saturated carbocycles. The molecule has 29 heavy (non-hydrogen) atoms. The number of nitro groups is 1. The Labute approximate surface area is 162 Å². The van der Waals surface area contributed by atoms with E-state index >= 15 is 0 Å². The molecule has 0 aliphatic rings. The smallest absolute Gasteiger partial charge is 0.418 e. The highest BCUT2D eigenvalue weighted by molar-refractivity contribution is 6.00. The number of non-ortho nitro benzene ring substituents is 1. The van der Waals surface area contributed by atoms with Crippen LogP contribution in [0.3, 0.4) is 0 Å². The zero-order chi connectivity index (χ0) is 21.8. The Morgan fingerprint density at radius 2 is 1.79 bits per heavy atom. The molecule has 0 aliphatic carbocycles. The molecule has 0 unspecified atom stereocenters. The SMILES string of the molecule is CNc1ccc([N+](=O)[O-])cc1C(=O)O[C@H](C)C(=O)Nc1ccccc1C(F)(F)F. The van der Waals surface area contributed by atoms with E-state index in [0.717, 1.165) is 18.2 Å². The zero-order valence-corrected chi connectivity index (χ0v) is 15.2. The molecule has 11 heteroatoms. The maximum Gasteiger partial charge on any atom is 0.418 e. The van der Waals surface area contributed by atoms with Gasteiger partial charge in [0.05, 0.1) is 21.7 Å². The fourth-order valence-corrected chi connectivity index (χ4v) is 2.38. The van der Waals surface area contributed by atoms with E-state index in [1.807, 2.05) is 0 Å². The lowest BCUT2D eigenvalue weighted by Crippen LogP contribution is -2.31. The summed E-state index contributed by atoms with van der Waals surface area (Å²) in [6.45, 7) is 1.17. The van der Waals surface area contributed by atoms with Crippen LogP contribution in [0.15, 0.2) is 42.5 Å². The van der Waals surface area contributed by atoms with Gasteiger partial charge in [0.15, 0.2) is 6.10 Å². The van der Waals surface area contributed by atoms with E-state index in [2.05, 4.69) is 10.6 Å². The molecule has 0 aliphatic heterocycles. The van der Waals surface area contributed by atoms with Gasteiger partial charge in [-0.2, -0.15) is 13.2 Å². The number of nitrogens with one attached hydrogen (secondary N) is 2. The van der Waals surface area contributed by atoms with E-state index in [1.165, 1.54) is 38.2 Å². The number of carbonyl (C=O) groups is 2. The van der Waals surface area contributed by atoms with Gasteiger partial charge in [0.2, 0.25) is 0 Å². The van der Waals surface area contributed by atoms with Crippen LogP contribution in [0.5, 0.6) is 0 Å². The number of carbonyl (C=O) groups excluding carboxylic acids is 2. The van der Waals surface area contributed by atoms with Gasteiger partial charge in [-0.15, -0.1) is 0 Å². The van der Waals surface area contributed by atoms with Gasteiger partial charge >= 0.3 is 12.1 Å². The van der Waals surface area contributed by atoms with Crippen molar-refractivity contribution in [3.8, 4) is 0 Å². The van der Waals surface area contributed by atoms with Gasteiger partial charge < -0.3 is 15.4 Å². The van der Waals surface area contributed by atoms with Crippen LogP contribution in [0.4, 0.5) is 30.2 Å². The number of alkyl halides is 3. The van der Waals surface area contributed by atoms with E-state index in [-0.39, 0.29) is 16.9 Å². The predicted octanol–water partition coefficient (Wildman–Crippen LogP) is 3.84. The summed E-state index contributed by atoms with van der Waals surface area (Å²) in [5, 5.41) is 15.6. The molecular formula is C18H16F3N3O5. The molecule has 0 heterocycles.